The van der Waals surface area contributed by atoms with E-state index in [0.717, 1.165) is 5.56 Å². The second-order valence-corrected chi connectivity index (χ2v) is 3.60. The lowest BCUT2D eigenvalue weighted by molar-refractivity contribution is 0.0697. The molecule has 0 spiro atoms. The highest BCUT2D eigenvalue weighted by Gasteiger charge is 2.07. The van der Waals surface area contributed by atoms with Gasteiger partial charge in [-0.15, -0.1) is 0 Å². The average molecular weight is 252 g/mol. The zero-order valence-corrected chi connectivity index (χ0v) is 9.63. The van der Waals surface area contributed by atoms with Crippen LogP contribution < -0.4 is 0 Å². The Hall–Kier alpha value is -1.97. The smallest absolute Gasteiger partial charge is 0.337 e. The van der Waals surface area contributed by atoms with Gasteiger partial charge >= 0.3 is 5.97 Å². The number of azide groups is 1. The first-order valence-corrected chi connectivity index (χ1v) is 5.23. The van der Waals surface area contributed by atoms with Gasteiger partial charge in [0.15, 0.2) is 0 Å². The van der Waals surface area contributed by atoms with Gasteiger partial charge in [-0.05, 0) is 29.6 Å². The molecule has 1 N–H and O–H groups in total. The summed E-state index contributed by atoms with van der Waals surface area (Å²) < 4.78 is 0. The van der Waals surface area contributed by atoms with Crippen LogP contribution in [0.3, 0.4) is 0 Å². The topological polar surface area (TPSA) is 86.1 Å². The molecule has 0 aliphatic carbocycles. The highest BCUT2D eigenvalue weighted by Crippen LogP contribution is 2.18. The van der Waals surface area contributed by atoms with Crippen LogP contribution in [0.2, 0.25) is 5.02 Å². The second kappa shape index (κ2) is 6.58. The van der Waals surface area contributed by atoms with Crippen molar-refractivity contribution < 1.29 is 9.90 Å². The summed E-state index contributed by atoms with van der Waals surface area (Å²) in [6, 6.07) is 4.70. The van der Waals surface area contributed by atoms with Crippen LogP contribution in [0.5, 0.6) is 0 Å². The van der Waals surface area contributed by atoms with E-state index in [1.807, 2.05) is 6.08 Å². The minimum atomic E-state index is -1.05. The summed E-state index contributed by atoms with van der Waals surface area (Å²) in [6.45, 7) is 0.397. The van der Waals surface area contributed by atoms with Crippen LogP contribution in [0, 0.1) is 0 Å². The first-order chi connectivity index (χ1) is 8.15. The molecule has 0 saturated carbocycles. The summed E-state index contributed by atoms with van der Waals surface area (Å²) in [5.74, 6) is -1.05. The number of halogens is 1. The van der Waals surface area contributed by atoms with E-state index >= 15 is 0 Å². The Morgan fingerprint density at radius 3 is 2.94 bits per heavy atom. The van der Waals surface area contributed by atoms with Gasteiger partial charge in [0.25, 0.3) is 0 Å². The van der Waals surface area contributed by atoms with Crippen molar-refractivity contribution in [2.45, 2.75) is 6.42 Å². The van der Waals surface area contributed by atoms with E-state index in [9.17, 15) is 4.79 Å². The van der Waals surface area contributed by atoms with E-state index < -0.39 is 5.97 Å². The number of hydrogen-bond donors (Lipinski definition) is 1. The molecule has 0 aromatic heterocycles. The number of rotatable bonds is 5. The van der Waals surface area contributed by atoms with Crippen LogP contribution in [0.4, 0.5) is 0 Å². The van der Waals surface area contributed by atoms with Crippen molar-refractivity contribution in [2.75, 3.05) is 6.54 Å². The lowest BCUT2D eigenvalue weighted by Crippen LogP contribution is -1.96. The molecule has 88 valence electrons. The van der Waals surface area contributed by atoms with Gasteiger partial charge < -0.3 is 5.11 Å². The van der Waals surface area contributed by atoms with Gasteiger partial charge in [0.2, 0.25) is 0 Å². The van der Waals surface area contributed by atoms with Crippen LogP contribution in [-0.4, -0.2) is 17.6 Å². The number of benzene rings is 1. The molecule has 0 unspecified atom stereocenters. The lowest BCUT2D eigenvalue weighted by Gasteiger charge is -1.99. The zero-order chi connectivity index (χ0) is 12.7. The standard InChI is InChI=1S/C11H10ClN3O2/c12-10-7-8(3-1-2-6-14-15-13)4-5-9(10)11(16)17/h1,3-5,7H,2,6H2,(H,16,17). The number of nitrogens with zero attached hydrogens (tertiary/aromatic N) is 3. The number of aromatic carboxylic acids is 1. The van der Waals surface area contributed by atoms with Crippen LogP contribution in [0.25, 0.3) is 16.5 Å². The third-order valence-electron chi connectivity index (χ3n) is 1.99. The molecule has 0 aliphatic heterocycles. The fourth-order valence-corrected chi connectivity index (χ4v) is 1.47. The molecule has 0 amide bonds. The number of carbonyl (C=O) groups is 1. The molecule has 5 nitrogen and oxygen atoms in total. The van der Waals surface area contributed by atoms with Gasteiger partial charge in [-0.1, -0.05) is 34.9 Å². The predicted molar refractivity (Wildman–Crippen MR) is 66.1 cm³/mol. The molecule has 0 heterocycles. The molecule has 0 fully saturated rings. The molecule has 0 saturated heterocycles. The van der Waals surface area contributed by atoms with Crippen LogP contribution in [-0.2, 0) is 0 Å². The maximum Gasteiger partial charge on any atom is 0.337 e. The van der Waals surface area contributed by atoms with Gasteiger partial charge in [0.1, 0.15) is 0 Å². The molecule has 0 radical (unpaired) electrons. The monoisotopic (exact) mass is 251 g/mol. The Kier molecular flexibility index (Phi) is 5.07. The third-order valence-corrected chi connectivity index (χ3v) is 2.31. The molecular formula is C11H10ClN3O2. The van der Waals surface area contributed by atoms with Crippen LogP contribution in [0.1, 0.15) is 22.3 Å². The van der Waals surface area contributed by atoms with Crippen LogP contribution in [0.15, 0.2) is 29.4 Å². The molecule has 0 atom stereocenters. The molecule has 6 heteroatoms. The first-order valence-electron chi connectivity index (χ1n) is 4.85. The highest BCUT2D eigenvalue weighted by molar-refractivity contribution is 6.33. The van der Waals surface area contributed by atoms with Gasteiger partial charge in [-0.25, -0.2) is 4.79 Å². The summed E-state index contributed by atoms with van der Waals surface area (Å²) in [4.78, 5) is 13.3. The van der Waals surface area contributed by atoms with Crippen molar-refractivity contribution in [3.63, 3.8) is 0 Å². The Bertz CT molecular complexity index is 493. The van der Waals surface area contributed by atoms with Crippen molar-refractivity contribution in [2.24, 2.45) is 5.11 Å². The van der Waals surface area contributed by atoms with Crippen molar-refractivity contribution in [3.8, 4) is 0 Å². The number of carboxylic acid groups (broad SMARTS) is 1. The predicted octanol–water partition coefficient (Wildman–Crippen LogP) is 3.75. The third kappa shape index (κ3) is 4.18. The Balaban J connectivity index is 2.70. The van der Waals surface area contributed by atoms with E-state index in [1.165, 1.54) is 6.07 Å². The second-order valence-electron chi connectivity index (χ2n) is 3.19. The zero-order valence-electron chi connectivity index (χ0n) is 8.88. The quantitative estimate of drug-likeness (QED) is 0.374. The maximum absolute atomic E-state index is 10.7. The molecule has 1 aromatic carbocycles. The van der Waals surface area contributed by atoms with Crippen molar-refractivity contribution in [1.82, 2.24) is 0 Å². The van der Waals surface area contributed by atoms with Crippen LogP contribution >= 0.6 is 11.6 Å². The fraction of sp³-hybridized carbons (Fsp3) is 0.182. The van der Waals surface area contributed by atoms with E-state index in [2.05, 4.69) is 10.0 Å². The summed E-state index contributed by atoms with van der Waals surface area (Å²) in [5.41, 5.74) is 8.95. The molecule has 1 rings (SSSR count). The van der Waals surface area contributed by atoms with E-state index in [1.54, 1.807) is 18.2 Å². The fourth-order valence-electron chi connectivity index (χ4n) is 1.20. The molecule has 17 heavy (non-hydrogen) atoms. The minimum absolute atomic E-state index is 0.0814. The minimum Gasteiger partial charge on any atom is -0.478 e. The van der Waals surface area contributed by atoms with Gasteiger partial charge in [-0.2, -0.15) is 0 Å². The normalized spacial score (nSPS) is 10.2. The highest BCUT2D eigenvalue weighted by atomic mass is 35.5. The van der Waals surface area contributed by atoms with Crippen molar-refractivity contribution >= 4 is 23.6 Å². The summed E-state index contributed by atoms with van der Waals surface area (Å²) in [7, 11) is 0. The van der Waals surface area contributed by atoms with Gasteiger partial charge in [0.05, 0.1) is 10.6 Å². The summed E-state index contributed by atoms with van der Waals surface area (Å²) >= 11 is 5.81. The Morgan fingerprint density at radius 2 is 2.35 bits per heavy atom. The van der Waals surface area contributed by atoms with Gasteiger partial charge in [-0.3, -0.25) is 0 Å². The summed E-state index contributed by atoms with van der Waals surface area (Å²) in [6.07, 6.45) is 4.26. The lowest BCUT2D eigenvalue weighted by atomic mass is 10.1. The van der Waals surface area contributed by atoms with Gasteiger partial charge in [0, 0.05) is 11.5 Å². The van der Waals surface area contributed by atoms with E-state index in [-0.39, 0.29) is 10.6 Å². The van der Waals surface area contributed by atoms with Crippen molar-refractivity contribution in [3.05, 3.63) is 50.9 Å². The SMILES string of the molecule is [N-]=[N+]=NCCC=Cc1ccc(C(=O)O)c(Cl)c1. The Labute approximate surface area is 103 Å². The van der Waals surface area contributed by atoms with E-state index in [0.29, 0.717) is 13.0 Å². The Morgan fingerprint density at radius 1 is 1.59 bits per heavy atom. The molecule has 0 bridgehead atoms. The van der Waals surface area contributed by atoms with Crippen molar-refractivity contribution in [1.29, 1.82) is 0 Å². The average Bonchev–Trinajstić information content (AvgIpc) is 2.28. The molecular weight excluding hydrogens is 242 g/mol. The molecule has 0 aliphatic rings. The van der Waals surface area contributed by atoms with E-state index in [4.69, 9.17) is 22.2 Å². The molecule has 1 aromatic rings. The number of hydrogen-bond acceptors (Lipinski definition) is 2. The number of carboxylic acids is 1. The first kappa shape index (κ1) is 13.1. The summed E-state index contributed by atoms with van der Waals surface area (Å²) in [5, 5.41) is 12.4. The largest absolute Gasteiger partial charge is 0.478 e. The maximum atomic E-state index is 10.7.